The molecule has 0 saturated carbocycles. The number of nitrogens with one attached hydrogen (secondary N) is 1. The van der Waals surface area contributed by atoms with Crippen molar-refractivity contribution in [1.29, 1.82) is 0 Å². The molecule has 1 atom stereocenters. The molecule has 1 N–H and O–H groups in total. The Labute approximate surface area is 211 Å². The molecule has 0 aliphatic carbocycles. The van der Waals surface area contributed by atoms with Crippen LogP contribution in [-0.2, 0) is 41.7 Å². The van der Waals surface area contributed by atoms with Crippen molar-refractivity contribution >= 4 is 23.9 Å². The highest BCUT2D eigenvalue weighted by atomic mass is 16.6. The number of carbonyl (C=O) groups is 4. The summed E-state index contributed by atoms with van der Waals surface area (Å²) in [6.07, 6.45) is -1.31. The molecule has 36 heavy (non-hydrogen) atoms. The average molecular weight is 499 g/mol. The molecule has 0 aromatic heterocycles. The number of carbonyl (C=O) groups excluding carboxylic acids is 4. The van der Waals surface area contributed by atoms with E-state index >= 15 is 0 Å². The third-order valence-electron chi connectivity index (χ3n) is 4.76. The minimum Gasteiger partial charge on any atom is -0.465 e. The zero-order chi connectivity index (χ0) is 26.6. The van der Waals surface area contributed by atoms with Gasteiger partial charge in [0.05, 0.1) is 13.0 Å². The van der Waals surface area contributed by atoms with Crippen molar-refractivity contribution in [3.63, 3.8) is 0 Å². The second-order valence-electron chi connectivity index (χ2n) is 9.03. The van der Waals surface area contributed by atoms with Crippen molar-refractivity contribution in [2.24, 2.45) is 0 Å². The van der Waals surface area contributed by atoms with E-state index in [9.17, 15) is 19.2 Å². The van der Waals surface area contributed by atoms with Crippen LogP contribution in [0.4, 0.5) is 4.79 Å². The number of esters is 2. The van der Waals surface area contributed by atoms with Gasteiger partial charge in [-0.2, -0.15) is 0 Å². The summed E-state index contributed by atoms with van der Waals surface area (Å²) in [5.41, 5.74) is 0.722. The molecule has 9 heteroatoms. The van der Waals surface area contributed by atoms with Gasteiger partial charge in [-0.15, -0.1) is 0 Å². The predicted octanol–water partition coefficient (Wildman–Crippen LogP) is 3.61. The van der Waals surface area contributed by atoms with Crippen molar-refractivity contribution in [1.82, 2.24) is 10.2 Å². The Kier molecular flexibility index (Phi) is 10.9. The normalized spacial score (nSPS) is 11.7. The Bertz CT molecular complexity index is 1000. The predicted molar refractivity (Wildman–Crippen MR) is 133 cm³/mol. The van der Waals surface area contributed by atoms with E-state index in [1.807, 2.05) is 24.3 Å². The summed E-state index contributed by atoms with van der Waals surface area (Å²) in [5.74, 6) is -1.94. The number of rotatable bonds is 11. The van der Waals surface area contributed by atoms with Crippen molar-refractivity contribution in [2.45, 2.75) is 58.9 Å². The first-order chi connectivity index (χ1) is 17.1. The van der Waals surface area contributed by atoms with Gasteiger partial charge in [-0.3, -0.25) is 14.4 Å². The second kappa shape index (κ2) is 13.9. The molecular weight excluding hydrogens is 464 g/mol. The highest BCUT2D eigenvalue weighted by Gasteiger charge is 2.32. The van der Waals surface area contributed by atoms with Crippen LogP contribution in [0.1, 0.15) is 45.2 Å². The lowest BCUT2D eigenvalue weighted by Crippen LogP contribution is -2.51. The average Bonchev–Trinajstić information content (AvgIpc) is 2.82. The number of benzene rings is 2. The van der Waals surface area contributed by atoms with Gasteiger partial charge >= 0.3 is 18.0 Å². The number of hydrogen-bond donors (Lipinski definition) is 1. The summed E-state index contributed by atoms with van der Waals surface area (Å²) in [5, 5.41) is 2.47. The first-order valence-corrected chi connectivity index (χ1v) is 11.7. The smallest absolute Gasteiger partial charge is 0.408 e. The van der Waals surface area contributed by atoms with E-state index in [0.29, 0.717) is 0 Å². The topological polar surface area (TPSA) is 111 Å². The van der Waals surface area contributed by atoms with Gasteiger partial charge in [0, 0.05) is 6.54 Å². The quantitative estimate of drug-likeness (QED) is 0.372. The maximum absolute atomic E-state index is 13.5. The molecule has 2 aromatic rings. The van der Waals surface area contributed by atoms with Crippen LogP contribution < -0.4 is 5.32 Å². The largest absolute Gasteiger partial charge is 0.465 e. The fourth-order valence-corrected chi connectivity index (χ4v) is 3.21. The Balaban J connectivity index is 2.22. The first-order valence-electron chi connectivity index (χ1n) is 11.7. The van der Waals surface area contributed by atoms with Crippen molar-refractivity contribution < 1.29 is 33.4 Å². The van der Waals surface area contributed by atoms with Gasteiger partial charge in [0.15, 0.2) is 0 Å². The molecule has 0 fully saturated rings. The molecule has 2 aromatic carbocycles. The zero-order valence-corrected chi connectivity index (χ0v) is 21.2. The molecule has 0 saturated heterocycles. The highest BCUT2D eigenvalue weighted by Crippen LogP contribution is 2.12. The summed E-state index contributed by atoms with van der Waals surface area (Å²) in [7, 11) is 0. The van der Waals surface area contributed by atoms with Crippen LogP contribution in [0.15, 0.2) is 60.7 Å². The van der Waals surface area contributed by atoms with E-state index in [2.05, 4.69) is 5.32 Å². The molecule has 0 aliphatic heterocycles. The standard InChI is InChI=1S/C27H34N2O7/c1-5-34-24(31)18-29(17-20-12-8-6-9-13-20)25(32)22(28-26(33)36-27(2,3)4)16-23(30)35-19-21-14-10-7-11-15-21/h6-15,22H,5,16-19H2,1-4H3,(H,28,33)/t22-/m0/s1. The number of hydrogen-bond acceptors (Lipinski definition) is 7. The van der Waals surface area contributed by atoms with Crippen LogP contribution in [-0.4, -0.2) is 53.6 Å². The highest BCUT2D eigenvalue weighted by molar-refractivity contribution is 5.91. The van der Waals surface area contributed by atoms with Gasteiger partial charge in [0.25, 0.3) is 0 Å². The van der Waals surface area contributed by atoms with Gasteiger partial charge in [-0.25, -0.2) is 4.79 Å². The lowest BCUT2D eigenvalue weighted by atomic mass is 10.1. The molecule has 0 bridgehead atoms. The van der Waals surface area contributed by atoms with E-state index in [1.54, 1.807) is 64.1 Å². The SMILES string of the molecule is CCOC(=O)CN(Cc1ccccc1)C(=O)[C@H](CC(=O)OCc1ccccc1)NC(=O)OC(C)(C)C. The Morgan fingerprint density at radius 3 is 2.00 bits per heavy atom. The van der Waals surface area contributed by atoms with Crippen LogP contribution in [0.5, 0.6) is 0 Å². The second-order valence-corrected chi connectivity index (χ2v) is 9.03. The summed E-state index contributed by atoms with van der Waals surface area (Å²) in [6, 6.07) is 16.8. The molecular formula is C27H34N2O7. The summed E-state index contributed by atoms with van der Waals surface area (Å²) in [4.78, 5) is 52.1. The van der Waals surface area contributed by atoms with Crippen molar-refractivity contribution in [3.8, 4) is 0 Å². The van der Waals surface area contributed by atoms with Gasteiger partial charge in [-0.05, 0) is 38.8 Å². The fourth-order valence-electron chi connectivity index (χ4n) is 3.21. The summed E-state index contributed by atoms with van der Waals surface area (Å²) < 4.78 is 15.6. The van der Waals surface area contributed by atoms with Crippen LogP contribution >= 0.6 is 0 Å². The lowest BCUT2D eigenvalue weighted by molar-refractivity contribution is -0.152. The van der Waals surface area contributed by atoms with Crippen LogP contribution in [0.3, 0.4) is 0 Å². The van der Waals surface area contributed by atoms with Crippen LogP contribution in [0.2, 0.25) is 0 Å². The monoisotopic (exact) mass is 498 g/mol. The first kappa shape index (κ1) is 28.4. The number of amides is 2. The maximum Gasteiger partial charge on any atom is 0.408 e. The lowest BCUT2D eigenvalue weighted by Gasteiger charge is -2.28. The van der Waals surface area contributed by atoms with Gasteiger partial charge in [0.2, 0.25) is 5.91 Å². The van der Waals surface area contributed by atoms with E-state index in [0.717, 1.165) is 11.1 Å². The van der Waals surface area contributed by atoms with E-state index in [1.165, 1.54) is 4.90 Å². The molecule has 2 rings (SSSR count). The van der Waals surface area contributed by atoms with Gasteiger partial charge in [-0.1, -0.05) is 60.7 Å². The maximum atomic E-state index is 13.5. The minimum atomic E-state index is -1.32. The zero-order valence-electron chi connectivity index (χ0n) is 21.2. The van der Waals surface area contributed by atoms with E-state index < -0.39 is 42.0 Å². The van der Waals surface area contributed by atoms with Gasteiger partial charge < -0.3 is 24.4 Å². The molecule has 0 radical (unpaired) electrons. The number of ether oxygens (including phenoxy) is 3. The van der Waals surface area contributed by atoms with Crippen molar-refractivity contribution in [3.05, 3.63) is 71.8 Å². The Hall–Kier alpha value is -3.88. The molecule has 9 nitrogen and oxygen atoms in total. The van der Waals surface area contributed by atoms with E-state index in [-0.39, 0.29) is 26.3 Å². The van der Waals surface area contributed by atoms with Crippen LogP contribution in [0.25, 0.3) is 0 Å². The molecule has 2 amide bonds. The minimum absolute atomic E-state index is 0.0174. The third kappa shape index (κ3) is 10.6. The summed E-state index contributed by atoms with van der Waals surface area (Å²) >= 11 is 0. The number of alkyl carbamates (subject to hydrolysis) is 1. The molecule has 0 heterocycles. The Morgan fingerprint density at radius 1 is 0.861 bits per heavy atom. The fraction of sp³-hybridized carbons (Fsp3) is 0.407. The third-order valence-corrected chi connectivity index (χ3v) is 4.76. The molecule has 0 aliphatic rings. The molecule has 194 valence electrons. The molecule has 0 unspecified atom stereocenters. The molecule has 0 spiro atoms. The number of nitrogens with zero attached hydrogens (tertiary/aromatic N) is 1. The van der Waals surface area contributed by atoms with Crippen molar-refractivity contribution in [2.75, 3.05) is 13.2 Å². The van der Waals surface area contributed by atoms with Gasteiger partial charge in [0.1, 0.15) is 24.8 Å². The Morgan fingerprint density at radius 2 is 1.44 bits per heavy atom. The van der Waals surface area contributed by atoms with Crippen LogP contribution in [0, 0.1) is 0 Å². The van der Waals surface area contributed by atoms with E-state index in [4.69, 9.17) is 14.2 Å². The summed E-state index contributed by atoms with van der Waals surface area (Å²) in [6.45, 7) is 6.59.